The number of hydrogen-bond acceptors (Lipinski definition) is 3. The molecule has 0 heterocycles. The van der Waals surface area contributed by atoms with Gasteiger partial charge in [0.15, 0.2) is 5.11 Å². The molecule has 6 nitrogen and oxygen atoms in total. The van der Waals surface area contributed by atoms with Gasteiger partial charge in [-0.1, -0.05) is 25.5 Å². The third-order valence-electron chi connectivity index (χ3n) is 2.71. The van der Waals surface area contributed by atoms with Crippen molar-refractivity contribution in [2.24, 2.45) is 10.8 Å². The zero-order valence-corrected chi connectivity index (χ0v) is 13.1. The van der Waals surface area contributed by atoms with Crippen LogP contribution in [0.2, 0.25) is 0 Å². The Morgan fingerprint density at radius 2 is 2.00 bits per heavy atom. The number of carbonyl (C=O) groups is 1. The van der Waals surface area contributed by atoms with Gasteiger partial charge >= 0.3 is 6.03 Å². The average Bonchev–Trinajstić information content (AvgIpc) is 2.45. The number of hydrazone groups is 1. The molecule has 0 saturated heterocycles. The Kier molecular flexibility index (Phi) is 7.17. The number of rotatable bonds is 6. The lowest BCUT2D eigenvalue weighted by Crippen LogP contribution is -2.29. The second kappa shape index (κ2) is 8.91. The van der Waals surface area contributed by atoms with Gasteiger partial charge in [0.1, 0.15) is 0 Å². The van der Waals surface area contributed by atoms with Crippen LogP contribution in [0.15, 0.2) is 29.4 Å². The number of amides is 2. The number of nitrogens with one attached hydrogen (secondary N) is 3. The van der Waals surface area contributed by atoms with E-state index in [1.54, 1.807) is 6.92 Å². The second-order valence-corrected chi connectivity index (χ2v) is 4.89. The molecular weight excluding hydrogens is 286 g/mol. The van der Waals surface area contributed by atoms with Gasteiger partial charge in [-0.2, -0.15) is 5.10 Å². The maximum atomic E-state index is 10.6. The number of anilines is 1. The first-order valence-electron chi connectivity index (χ1n) is 6.78. The normalized spacial score (nSPS) is 10.9. The van der Waals surface area contributed by atoms with Gasteiger partial charge in [-0.25, -0.2) is 10.2 Å². The molecule has 5 N–H and O–H groups in total. The summed E-state index contributed by atoms with van der Waals surface area (Å²) in [5.74, 6) is 0. The van der Waals surface area contributed by atoms with E-state index in [-0.39, 0.29) is 0 Å². The van der Waals surface area contributed by atoms with Gasteiger partial charge in [-0.15, -0.1) is 0 Å². The Labute approximate surface area is 130 Å². The summed E-state index contributed by atoms with van der Waals surface area (Å²) in [6.45, 7) is 4.79. The Bertz CT molecular complexity index is 513. The van der Waals surface area contributed by atoms with E-state index in [9.17, 15) is 4.79 Å². The van der Waals surface area contributed by atoms with Crippen molar-refractivity contribution < 1.29 is 4.79 Å². The van der Waals surface area contributed by atoms with E-state index in [4.69, 9.17) is 18.0 Å². The number of nitrogens with zero attached hydrogens (tertiary/aromatic N) is 1. The summed E-state index contributed by atoms with van der Waals surface area (Å²) in [7, 11) is 0. The molecule has 0 saturated carbocycles. The highest BCUT2D eigenvalue weighted by Crippen LogP contribution is 2.10. The standard InChI is InChI=1S/C14H21N5OS/c1-3-4-9-16-14(21)17-12-7-5-11(6-8-12)10(2)18-19-13(15)20/h5-8H,3-4,9H2,1-2H3,(H3,15,19,20)(H2,16,17,21)/b18-10-. The summed E-state index contributed by atoms with van der Waals surface area (Å²) in [5, 5.41) is 10.7. The predicted octanol–water partition coefficient (Wildman–Crippen LogP) is 2.17. The fraction of sp³-hybridized carbons (Fsp3) is 0.357. The largest absolute Gasteiger partial charge is 0.362 e. The van der Waals surface area contributed by atoms with Crippen molar-refractivity contribution in [1.82, 2.24) is 10.7 Å². The lowest BCUT2D eigenvalue weighted by atomic mass is 10.1. The summed E-state index contributed by atoms with van der Waals surface area (Å²) >= 11 is 5.20. The molecule has 114 valence electrons. The number of benzene rings is 1. The first-order valence-corrected chi connectivity index (χ1v) is 7.18. The van der Waals surface area contributed by atoms with E-state index in [0.29, 0.717) is 10.8 Å². The predicted molar refractivity (Wildman–Crippen MR) is 90.5 cm³/mol. The van der Waals surface area contributed by atoms with Crippen LogP contribution < -0.4 is 21.8 Å². The molecule has 0 bridgehead atoms. The van der Waals surface area contributed by atoms with Gasteiger partial charge in [0, 0.05) is 12.2 Å². The van der Waals surface area contributed by atoms with Gasteiger partial charge in [-0.3, -0.25) is 0 Å². The molecule has 0 spiro atoms. The summed E-state index contributed by atoms with van der Waals surface area (Å²) < 4.78 is 0. The van der Waals surface area contributed by atoms with E-state index in [1.165, 1.54) is 0 Å². The van der Waals surface area contributed by atoms with Crippen LogP contribution in [-0.2, 0) is 0 Å². The third kappa shape index (κ3) is 6.71. The first kappa shape index (κ1) is 16.9. The molecule has 1 aromatic carbocycles. The summed E-state index contributed by atoms with van der Waals surface area (Å²) in [4.78, 5) is 10.6. The molecule has 7 heteroatoms. The molecule has 0 aliphatic carbocycles. The van der Waals surface area contributed by atoms with Crippen LogP contribution in [0.4, 0.5) is 10.5 Å². The maximum Gasteiger partial charge on any atom is 0.332 e. The van der Waals surface area contributed by atoms with Crippen LogP contribution in [0.25, 0.3) is 0 Å². The molecule has 2 amide bonds. The summed E-state index contributed by atoms with van der Waals surface area (Å²) in [5.41, 5.74) is 9.61. The van der Waals surface area contributed by atoms with Crippen LogP contribution in [0.5, 0.6) is 0 Å². The van der Waals surface area contributed by atoms with Crippen molar-refractivity contribution in [3.05, 3.63) is 29.8 Å². The number of thiocarbonyl (C=S) groups is 1. The van der Waals surface area contributed by atoms with Crippen LogP contribution >= 0.6 is 12.2 Å². The van der Waals surface area contributed by atoms with Crippen molar-refractivity contribution in [2.45, 2.75) is 26.7 Å². The zero-order valence-electron chi connectivity index (χ0n) is 12.3. The fourth-order valence-corrected chi connectivity index (χ4v) is 1.77. The zero-order chi connectivity index (χ0) is 15.7. The van der Waals surface area contributed by atoms with Gasteiger partial charge in [0.2, 0.25) is 0 Å². The first-order chi connectivity index (χ1) is 10.0. The van der Waals surface area contributed by atoms with Crippen LogP contribution in [0.3, 0.4) is 0 Å². The molecule has 0 fully saturated rings. The van der Waals surface area contributed by atoms with Crippen molar-refractivity contribution in [1.29, 1.82) is 0 Å². The van der Waals surface area contributed by atoms with E-state index in [0.717, 1.165) is 30.6 Å². The molecule has 0 radical (unpaired) electrons. The quantitative estimate of drug-likeness (QED) is 0.280. The number of hydrogen-bond donors (Lipinski definition) is 4. The molecular formula is C14H21N5OS. The summed E-state index contributed by atoms with van der Waals surface area (Å²) in [6, 6.07) is 6.88. The van der Waals surface area contributed by atoms with Crippen molar-refractivity contribution in [3.63, 3.8) is 0 Å². The Morgan fingerprint density at radius 3 is 2.57 bits per heavy atom. The minimum absolute atomic E-state index is 0.608. The number of unbranched alkanes of at least 4 members (excludes halogenated alkanes) is 1. The Morgan fingerprint density at radius 1 is 1.33 bits per heavy atom. The Balaban J connectivity index is 2.55. The molecule has 21 heavy (non-hydrogen) atoms. The molecule has 0 aromatic heterocycles. The highest BCUT2D eigenvalue weighted by atomic mass is 32.1. The van der Waals surface area contributed by atoms with Gasteiger partial charge in [0.05, 0.1) is 5.71 Å². The molecule has 0 aliphatic heterocycles. The lowest BCUT2D eigenvalue weighted by molar-refractivity contribution is 0.249. The minimum atomic E-state index is -0.684. The molecule has 0 unspecified atom stereocenters. The van der Waals surface area contributed by atoms with Crippen LogP contribution in [0, 0.1) is 0 Å². The Hall–Kier alpha value is -2.15. The monoisotopic (exact) mass is 307 g/mol. The van der Waals surface area contributed by atoms with Crippen molar-refractivity contribution in [2.75, 3.05) is 11.9 Å². The van der Waals surface area contributed by atoms with E-state index in [2.05, 4.69) is 28.1 Å². The fourth-order valence-electron chi connectivity index (χ4n) is 1.55. The molecule has 1 aromatic rings. The van der Waals surface area contributed by atoms with E-state index >= 15 is 0 Å². The molecule has 0 aliphatic rings. The van der Waals surface area contributed by atoms with Crippen molar-refractivity contribution >= 4 is 34.8 Å². The lowest BCUT2D eigenvalue weighted by Gasteiger charge is -2.10. The summed E-state index contributed by atoms with van der Waals surface area (Å²) in [6.07, 6.45) is 2.21. The number of urea groups is 1. The highest BCUT2D eigenvalue weighted by molar-refractivity contribution is 7.80. The van der Waals surface area contributed by atoms with Crippen molar-refractivity contribution in [3.8, 4) is 0 Å². The average molecular weight is 307 g/mol. The third-order valence-corrected chi connectivity index (χ3v) is 2.96. The SMILES string of the molecule is CCCCNC(=S)Nc1ccc(/C(C)=N\NC(N)=O)cc1. The van der Waals surface area contributed by atoms with Gasteiger partial charge in [-0.05, 0) is 43.3 Å². The number of primary amides is 1. The van der Waals surface area contributed by atoms with E-state index in [1.807, 2.05) is 24.3 Å². The highest BCUT2D eigenvalue weighted by Gasteiger charge is 2.00. The van der Waals surface area contributed by atoms with Gasteiger partial charge in [0.25, 0.3) is 0 Å². The molecule has 1 rings (SSSR count). The number of nitrogens with two attached hydrogens (primary N) is 1. The second-order valence-electron chi connectivity index (χ2n) is 4.49. The minimum Gasteiger partial charge on any atom is -0.362 e. The van der Waals surface area contributed by atoms with Crippen LogP contribution in [-0.4, -0.2) is 23.4 Å². The number of carbonyl (C=O) groups excluding carboxylic acids is 1. The molecule has 0 atom stereocenters. The smallest absolute Gasteiger partial charge is 0.332 e. The van der Waals surface area contributed by atoms with E-state index < -0.39 is 6.03 Å². The van der Waals surface area contributed by atoms with Gasteiger partial charge < -0.3 is 16.4 Å². The van der Waals surface area contributed by atoms with Crippen LogP contribution in [0.1, 0.15) is 32.3 Å². The topological polar surface area (TPSA) is 91.5 Å². The maximum absolute atomic E-state index is 10.6.